The molecule has 1 heterocycles. The van der Waals surface area contributed by atoms with Gasteiger partial charge in [-0.3, -0.25) is 4.79 Å². The Balaban J connectivity index is 1.95. The third-order valence-corrected chi connectivity index (χ3v) is 3.55. The van der Waals surface area contributed by atoms with Crippen LogP contribution in [0, 0.1) is 0 Å². The van der Waals surface area contributed by atoms with E-state index < -0.39 is 0 Å². The minimum absolute atomic E-state index is 0.120. The molecule has 3 rings (SSSR count). The van der Waals surface area contributed by atoms with E-state index in [9.17, 15) is 4.79 Å². The van der Waals surface area contributed by atoms with Gasteiger partial charge in [0.25, 0.3) is 5.91 Å². The van der Waals surface area contributed by atoms with Crippen molar-refractivity contribution in [3.05, 3.63) is 60.3 Å². The summed E-state index contributed by atoms with van der Waals surface area (Å²) >= 11 is 0. The van der Waals surface area contributed by atoms with E-state index >= 15 is 0 Å². The zero-order valence-electron chi connectivity index (χ0n) is 11.8. The highest BCUT2D eigenvalue weighted by Gasteiger charge is 2.10. The maximum Gasteiger partial charge on any atom is 0.255 e. The Labute approximate surface area is 123 Å². The summed E-state index contributed by atoms with van der Waals surface area (Å²) in [5.74, 6) is -0.120. The summed E-state index contributed by atoms with van der Waals surface area (Å²) in [6.45, 7) is 2.87. The molecule has 1 amide bonds. The average molecular weight is 279 g/mol. The van der Waals surface area contributed by atoms with Gasteiger partial charge in [-0.25, -0.2) is 0 Å². The number of nitrogen functional groups attached to an aromatic ring is 1. The predicted molar refractivity (Wildman–Crippen MR) is 86.4 cm³/mol. The summed E-state index contributed by atoms with van der Waals surface area (Å²) in [7, 11) is 0. The first-order chi connectivity index (χ1) is 10.2. The molecule has 0 radical (unpaired) electrons. The number of nitrogens with two attached hydrogens (primary N) is 1. The van der Waals surface area contributed by atoms with E-state index in [2.05, 4.69) is 12.2 Å². The molecule has 4 heteroatoms. The Morgan fingerprint density at radius 3 is 2.67 bits per heavy atom. The zero-order chi connectivity index (χ0) is 14.8. The van der Waals surface area contributed by atoms with E-state index in [1.165, 1.54) is 0 Å². The molecule has 0 saturated heterocycles. The van der Waals surface area contributed by atoms with Crippen LogP contribution in [0.3, 0.4) is 0 Å². The Morgan fingerprint density at radius 1 is 1.19 bits per heavy atom. The van der Waals surface area contributed by atoms with Gasteiger partial charge in [0.15, 0.2) is 0 Å². The van der Waals surface area contributed by atoms with Gasteiger partial charge in [0.1, 0.15) is 0 Å². The number of hydrogen-bond acceptors (Lipinski definition) is 2. The number of aromatic nitrogens is 1. The first kappa shape index (κ1) is 13.2. The van der Waals surface area contributed by atoms with Crippen LogP contribution in [0.25, 0.3) is 10.9 Å². The number of carbonyl (C=O) groups is 1. The van der Waals surface area contributed by atoms with E-state index in [0.717, 1.165) is 28.8 Å². The zero-order valence-corrected chi connectivity index (χ0v) is 11.8. The predicted octanol–water partition coefficient (Wildman–Crippen LogP) is 3.50. The van der Waals surface area contributed by atoms with Crippen molar-refractivity contribution in [1.29, 1.82) is 0 Å². The van der Waals surface area contributed by atoms with E-state index in [0.29, 0.717) is 5.56 Å². The smallest absolute Gasteiger partial charge is 0.255 e. The van der Waals surface area contributed by atoms with Gasteiger partial charge in [0.05, 0.1) is 11.2 Å². The number of hydrogen-bond donors (Lipinski definition) is 2. The van der Waals surface area contributed by atoms with E-state index in [1.54, 1.807) is 6.07 Å². The van der Waals surface area contributed by atoms with Crippen molar-refractivity contribution >= 4 is 28.2 Å². The maximum absolute atomic E-state index is 12.3. The fraction of sp³-hybridized carbons (Fsp3) is 0.118. The highest BCUT2D eigenvalue weighted by molar-refractivity contribution is 6.07. The van der Waals surface area contributed by atoms with Crippen molar-refractivity contribution in [2.45, 2.75) is 13.5 Å². The second-order valence-corrected chi connectivity index (χ2v) is 4.92. The molecule has 0 aliphatic carbocycles. The molecule has 3 aromatic rings. The highest BCUT2D eigenvalue weighted by Crippen LogP contribution is 2.25. The normalized spacial score (nSPS) is 10.7. The largest absolute Gasteiger partial charge is 0.397 e. The van der Waals surface area contributed by atoms with Crippen molar-refractivity contribution in [3.8, 4) is 0 Å². The van der Waals surface area contributed by atoms with Crippen LogP contribution in [0.2, 0.25) is 0 Å². The quantitative estimate of drug-likeness (QED) is 0.771. The molecule has 0 atom stereocenters. The number of rotatable bonds is 3. The fourth-order valence-electron chi connectivity index (χ4n) is 2.45. The molecule has 1 aromatic heterocycles. The number of fused-ring (bicyclic) bond motifs is 1. The molecule has 21 heavy (non-hydrogen) atoms. The van der Waals surface area contributed by atoms with Crippen molar-refractivity contribution in [2.75, 3.05) is 11.1 Å². The monoisotopic (exact) mass is 279 g/mol. The summed E-state index contributed by atoms with van der Waals surface area (Å²) in [5.41, 5.74) is 9.11. The molecule has 3 N–H and O–H groups in total. The molecule has 0 unspecified atom stereocenters. The summed E-state index contributed by atoms with van der Waals surface area (Å²) in [4.78, 5) is 12.3. The van der Waals surface area contributed by atoms with Gasteiger partial charge in [-0.1, -0.05) is 18.2 Å². The number of amides is 1. The summed E-state index contributed by atoms with van der Waals surface area (Å²) in [6.07, 6.45) is 1.91. The first-order valence-corrected chi connectivity index (χ1v) is 6.94. The number of para-hydroxylation sites is 1. The lowest BCUT2D eigenvalue weighted by molar-refractivity contribution is 0.102. The highest BCUT2D eigenvalue weighted by atomic mass is 16.1. The van der Waals surface area contributed by atoms with Crippen LogP contribution in [0.4, 0.5) is 11.4 Å². The van der Waals surface area contributed by atoms with E-state index in [4.69, 9.17) is 5.73 Å². The molecule has 0 aliphatic rings. The van der Waals surface area contributed by atoms with Crippen molar-refractivity contribution in [1.82, 2.24) is 4.57 Å². The number of nitrogens with one attached hydrogen (secondary N) is 1. The first-order valence-electron chi connectivity index (χ1n) is 6.94. The number of aryl methyl sites for hydroxylation is 1. The Hall–Kier alpha value is -2.75. The van der Waals surface area contributed by atoms with Gasteiger partial charge in [0.2, 0.25) is 0 Å². The molecule has 4 nitrogen and oxygen atoms in total. The lowest BCUT2D eigenvalue weighted by Gasteiger charge is -2.06. The second kappa shape index (κ2) is 5.32. The Morgan fingerprint density at radius 2 is 1.95 bits per heavy atom. The lowest BCUT2D eigenvalue weighted by Crippen LogP contribution is -2.11. The van der Waals surface area contributed by atoms with Crippen LogP contribution in [0.15, 0.2) is 54.7 Å². The standard InChI is InChI=1S/C17H17N3O/c1-2-20-11-15(18)14-9-8-12(10-16(14)20)17(21)19-13-6-4-3-5-7-13/h3-11H,2,18H2,1H3,(H,19,21). The second-order valence-electron chi connectivity index (χ2n) is 4.92. The minimum atomic E-state index is -0.120. The fourth-order valence-corrected chi connectivity index (χ4v) is 2.45. The van der Waals surface area contributed by atoms with Gasteiger partial charge < -0.3 is 15.6 Å². The van der Waals surface area contributed by atoms with Crippen LogP contribution in [-0.4, -0.2) is 10.5 Å². The van der Waals surface area contributed by atoms with E-state index in [-0.39, 0.29) is 5.91 Å². The molecule has 106 valence electrons. The molecule has 0 spiro atoms. The SMILES string of the molecule is CCn1cc(N)c2ccc(C(=O)Nc3ccccc3)cc21. The van der Waals surface area contributed by atoms with Crippen LogP contribution in [0.5, 0.6) is 0 Å². The molecule has 0 bridgehead atoms. The van der Waals surface area contributed by atoms with Crippen molar-refractivity contribution in [3.63, 3.8) is 0 Å². The summed E-state index contributed by atoms with van der Waals surface area (Å²) in [6, 6.07) is 15.0. The van der Waals surface area contributed by atoms with E-state index in [1.807, 2.05) is 53.2 Å². The lowest BCUT2D eigenvalue weighted by atomic mass is 10.1. The van der Waals surface area contributed by atoms with Crippen molar-refractivity contribution in [2.24, 2.45) is 0 Å². The van der Waals surface area contributed by atoms with Crippen LogP contribution in [-0.2, 0) is 6.54 Å². The van der Waals surface area contributed by atoms with Gasteiger partial charge in [-0.15, -0.1) is 0 Å². The van der Waals surface area contributed by atoms with Crippen molar-refractivity contribution < 1.29 is 4.79 Å². The average Bonchev–Trinajstić information content (AvgIpc) is 2.84. The van der Waals surface area contributed by atoms with Crippen LogP contribution in [0.1, 0.15) is 17.3 Å². The molecular formula is C17H17N3O. The third-order valence-electron chi connectivity index (χ3n) is 3.55. The Kier molecular flexibility index (Phi) is 3.36. The van der Waals surface area contributed by atoms with Crippen LogP contribution < -0.4 is 11.1 Å². The molecule has 0 fully saturated rings. The Bertz CT molecular complexity index is 790. The third kappa shape index (κ3) is 2.48. The minimum Gasteiger partial charge on any atom is -0.397 e. The number of benzene rings is 2. The summed E-state index contributed by atoms with van der Waals surface area (Å²) in [5, 5.41) is 3.87. The number of carbonyl (C=O) groups excluding carboxylic acids is 1. The number of anilines is 2. The molecule has 0 saturated carbocycles. The van der Waals surface area contributed by atoms with Gasteiger partial charge in [-0.2, -0.15) is 0 Å². The summed E-state index contributed by atoms with van der Waals surface area (Å²) < 4.78 is 2.05. The topological polar surface area (TPSA) is 60.0 Å². The molecule has 0 aliphatic heterocycles. The van der Waals surface area contributed by atoms with Crippen LogP contribution >= 0.6 is 0 Å². The number of nitrogens with zero attached hydrogens (tertiary/aromatic N) is 1. The maximum atomic E-state index is 12.3. The molecule has 2 aromatic carbocycles. The van der Waals surface area contributed by atoms with Gasteiger partial charge in [-0.05, 0) is 37.3 Å². The molecular weight excluding hydrogens is 262 g/mol. The van der Waals surface area contributed by atoms with Gasteiger partial charge in [0, 0.05) is 29.4 Å². The van der Waals surface area contributed by atoms with Gasteiger partial charge >= 0.3 is 0 Å².